The first-order chi connectivity index (χ1) is 12.9. The first kappa shape index (κ1) is 19.4. The summed E-state index contributed by atoms with van der Waals surface area (Å²) in [6, 6.07) is 11.4. The Bertz CT molecular complexity index is 917. The van der Waals surface area contributed by atoms with Gasteiger partial charge in [0.2, 0.25) is 0 Å². The second-order valence-corrected chi connectivity index (χ2v) is 8.40. The molecule has 2 aromatic carbocycles. The third kappa shape index (κ3) is 4.67. The Labute approximate surface area is 160 Å². The molecular weight excluding hydrogens is 364 g/mol. The maximum absolute atomic E-state index is 12.6. The van der Waals surface area contributed by atoms with Crippen LogP contribution in [0.15, 0.2) is 47.4 Å². The van der Waals surface area contributed by atoms with Gasteiger partial charge in [-0.1, -0.05) is 12.1 Å². The van der Waals surface area contributed by atoms with Crippen molar-refractivity contribution in [2.45, 2.75) is 37.7 Å². The molecule has 2 N–H and O–H groups in total. The molecule has 0 aromatic heterocycles. The van der Waals surface area contributed by atoms with Crippen molar-refractivity contribution in [3.05, 3.63) is 59.2 Å². The average molecular weight is 388 g/mol. The van der Waals surface area contributed by atoms with Crippen LogP contribution in [0.3, 0.4) is 0 Å². The third-order valence-corrected chi connectivity index (χ3v) is 6.17. The minimum Gasteiger partial charge on any atom is -0.376 e. The summed E-state index contributed by atoms with van der Waals surface area (Å²) in [5.41, 5.74) is 2.85. The van der Waals surface area contributed by atoms with Gasteiger partial charge in [0.1, 0.15) is 0 Å². The fraction of sp³-hybridized carbons (Fsp3) is 0.350. The summed E-state index contributed by atoms with van der Waals surface area (Å²) in [7, 11) is -3.72. The van der Waals surface area contributed by atoms with Crippen LogP contribution >= 0.6 is 0 Å². The van der Waals surface area contributed by atoms with Gasteiger partial charge in [0, 0.05) is 18.7 Å². The molecule has 0 bridgehead atoms. The zero-order valence-electron chi connectivity index (χ0n) is 15.5. The largest absolute Gasteiger partial charge is 0.376 e. The molecule has 27 heavy (non-hydrogen) atoms. The van der Waals surface area contributed by atoms with Gasteiger partial charge in [-0.3, -0.25) is 9.52 Å². The van der Waals surface area contributed by atoms with E-state index in [1.54, 1.807) is 6.07 Å². The number of ether oxygens (including phenoxy) is 1. The van der Waals surface area contributed by atoms with Crippen molar-refractivity contribution in [2.24, 2.45) is 0 Å². The fourth-order valence-corrected chi connectivity index (χ4v) is 4.09. The second kappa shape index (κ2) is 8.10. The molecule has 1 aliphatic heterocycles. The van der Waals surface area contributed by atoms with Gasteiger partial charge in [-0.05, 0) is 68.1 Å². The van der Waals surface area contributed by atoms with Crippen molar-refractivity contribution in [2.75, 3.05) is 17.9 Å². The molecule has 7 heteroatoms. The quantitative estimate of drug-likeness (QED) is 0.797. The van der Waals surface area contributed by atoms with Crippen LogP contribution in [0.2, 0.25) is 0 Å². The topological polar surface area (TPSA) is 84.5 Å². The number of carbonyl (C=O) groups excluding carboxylic acids is 1. The second-order valence-electron chi connectivity index (χ2n) is 6.72. The Kier molecular flexibility index (Phi) is 5.82. The van der Waals surface area contributed by atoms with Gasteiger partial charge in [-0.15, -0.1) is 0 Å². The Morgan fingerprint density at radius 3 is 2.56 bits per heavy atom. The molecule has 0 radical (unpaired) electrons. The summed E-state index contributed by atoms with van der Waals surface area (Å²) in [5, 5.41) is 2.82. The van der Waals surface area contributed by atoms with Crippen LogP contribution in [0.5, 0.6) is 0 Å². The smallest absolute Gasteiger partial charge is 0.261 e. The lowest BCUT2D eigenvalue weighted by atomic mass is 10.1. The first-order valence-electron chi connectivity index (χ1n) is 8.96. The van der Waals surface area contributed by atoms with E-state index in [4.69, 9.17) is 4.74 Å². The summed E-state index contributed by atoms with van der Waals surface area (Å²) in [5.74, 6) is -0.239. The van der Waals surface area contributed by atoms with Crippen LogP contribution in [0.25, 0.3) is 0 Å². The van der Waals surface area contributed by atoms with Crippen molar-refractivity contribution in [3.8, 4) is 0 Å². The Balaban J connectivity index is 1.68. The number of benzene rings is 2. The van der Waals surface area contributed by atoms with E-state index in [0.29, 0.717) is 17.8 Å². The maximum atomic E-state index is 12.6. The van der Waals surface area contributed by atoms with E-state index in [1.165, 1.54) is 24.3 Å². The lowest BCUT2D eigenvalue weighted by molar-refractivity contribution is 0.0857. The van der Waals surface area contributed by atoms with E-state index < -0.39 is 10.0 Å². The van der Waals surface area contributed by atoms with Gasteiger partial charge >= 0.3 is 0 Å². The summed E-state index contributed by atoms with van der Waals surface area (Å²) >= 11 is 0. The number of sulfonamides is 1. The van der Waals surface area contributed by atoms with E-state index in [1.807, 2.05) is 26.0 Å². The third-order valence-electron chi connectivity index (χ3n) is 4.79. The lowest BCUT2D eigenvalue weighted by Crippen LogP contribution is -2.31. The zero-order valence-corrected chi connectivity index (χ0v) is 16.3. The fourth-order valence-electron chi connectivity index (χ4n) is 2.96. The molecule has 1 saturated heterocycles. The molecule has 0 saturated carbocycles. The number of aryl methyl sites for hydroxylation is 1. The van der Waals surface area contributed by atoms with Crippen LogP contribution in [0, 0.1) is 13.8 Å². The van der Waals surface area contributed by atoms with Crippen LogP contribution in [-0.4, -0.2) is 33.6 Å². The lowest BCUT2D eigenvalue weighted by Gasteiger charge is -2.13. The summed E-state index contributed by atoms with van der Waals surface area (Å²) < 4.78 is 33.3. The minimum atomic E-state index is -3.72. The highest BCUT2D eigenvalue weighted by atomic mass is 32.2. The van der Waals surface area contributed by atoms with E-state index >= 15 is 0 Å². The van der Waals surface area contributed by atoms with Gasteiger partial charge < -0.3 is 10.1 Å². The predicted molar refractivity (Wildman–Crippen MR) is 104 cm³/mol. The van der Waals surface area contributed by atoms with Crippen molar-refractivity contribution < 1.29 is 17.9 Å². The van der Waals surface area contributed by atoms with Crippen LogP contribution < -0.4 is 10.0 Å². The normalized spacial score (nSPS) is 16.9. The monoisotopic (exact) mass is 388 g/mol. The van der Waals surface area contributed by atoms with Gasteiger partial charge in [0.15, 0.2) is 0 Å². The number of hydrogen-bond donors (Lipinski definition) is 2. The van der Waals surface area contributed by atoms with E-state index in [9.17, 15) is 13.2 Å². The van der Waals surface area contributed by atoms with Crippen molar-refractivity contribution in [3.63, 3.8) is 0 Å². The highest BCUT2D eigenvalue weighted by Crippen LogP contribution is 2.22. The van der Waals surface area contributed by atoms with Crippen molar-refractivity contribution >= 4 is 21.6 Å². The van der Waals surface area contributed by atoms with Gasteiger partial charge in [0.25, 0.3) is 15.9 Å². The molecule has 0 aliphatic carbocycles. The summed E-state index contributed by atoms with van der Waals surface area (Å²) in [6.45, 7) is 5.00. The number of carbonyl (C=O) groups is 1. The van der Waals surface area contributed by atoms with Crippen molar-refractivity contribution in [1.29, 1.82) is 0 Å². The van der Waals surface area contributed by atoms with Crippen molar-refractivity contribution in [1.82, 2.24) is 5.32 Å². The first-order valence-corrected chi connectivity index (χ1v) is 10.4. The highest BCUT2D eigenvalue weighted by Gasteiger charge is 2.18. The molecule has 2 aromatic rings. The van der Waals surface area contributed by atoms with Gasteiger partial charge in [-0.25, -0.2) is 8.42 Å². The molecule has 0 spiro atoms. The zero-order chi connectivity index (χ0) is 19.4. The molecule has 1 amide bonds. The summed E-state index contributed by atoms with van der Waals surface area (Å²) in [6.07, 6.45) is 2.03. The Morgan fingerprint density at radius 1 is 1.15 bits per heavy atom. The van der Waals surface area contributed by atoms with E-state index in [0.717, 1.165) is 30.6 Å². The number of amides is 1. The number of nitrogens with one attached hydrogen (secondary N) is 2. The average Bonchev–Trinajstić information content (AvgIpc) is 3.17. The number of rotatable bonds is 6. The summed E-state index contributed by atoms with van der Waals surface area (Å²) in [4.78, 5) is 12.3. The SMILES string of the molecule is Cc1cccc(NS(=O)(=O)c2ccc(C(=O)NC[C@H]3CCCO3)cc2)c1C. The molecular formula is C20H24N2O4S. The van der Waals surface area contributed by atoms with Crippen LogP contribution in [-0.2, 0) is 14.8 Å². The van der Waals surface area contributed by atoms with Crippen LogP contribution in [0.4, 0.5) is 5.69 Å². The van der Waals surface area contributed by atoms with Gasteiger partial charge in [0.05, 0.1) is 16.7 Å². The maximum Gasteiger partial charge on any atom is 0.261 e. The molecule has 1 atom stereocenters. The molecule has 6 nitrogen and oxygen atoms in total. The molecule has 1 fully saturated rings. The minimum absolute atomic E-state index is 0.0652. The number of anilines is 1. The molecule has 3 rings (SSSR count). The highest BCUT2D eigenvalue weighted by molar-refractivity contribution is 7.92. The standard InChI is InChI=1S/C20H24N2O4S/c1-14-5-3-7-19(15(14)2)22-27(24,25)18-10-8-16(9-11-18)20(23)21-13-17-6-4-12-26-17/h3,5,7-11,17,22H,4,6,12-13H2,1-2H3,(H,21,23)/t17-/m1/s1. The Hall–Kier alpha value is -2.38. The van der Waals surface area contributed by atoms with Gasteiger partial charge in [-0.2, -0.15) is 0 Å². The Morgan fingerprint density at radius 2 is 1.89 bits per heavy atom. The number of hydrogen-bond acceptors (Lipinski definition) is 4. The molecule has 1 aliphatic rings. The molecule has 144 valence electrons. The predicted octanol–water partition coefficient (Wildman–Crippen LogP) is 3.01. The van der Waals surface area contributed by atoms with E-state index in [-0.39, 0.29) is 16.9 Å². The molecule has 1 heterocycles. The molecule has 0 unspecified atom stereocenters. The van der Waals surface area contributed by atoms with Crippen LogP contribution in [0.1, 0.15) is 34.3 Å². The van der Waals surface area contributed by atoms with E-state index in [2.05, 4.69) is 10.0 Å².